The summed E-state index contributed by atoms with van der Waals surface area (Å²) in [5.74, 6) is -2.80. The molecule has 1 saturated carbocycles. The van der Waals surface area contributed by atoms with Crippen molar-refractivity contribution in [1.29, 1.82) is 0 Å². The third-order valence-electron chi connectivity index (χ3n) is 5.76. The van der Waals surface area contributed by atoms with Crippen LogP contribution in [0.4, 0.5) is 30.9 Å². The molecule has 14 heteroatoms. The summed E-state index contributed by atoms with van der Waals surface area (Å²) in [6.07, 6.45) is 6.57. The maximum Gasteiger partial charge on any atom is 0.407 e. The zero-order valence-electron chi connectivity index (χ0n) is 21.2. The quantitative estimate of drug-likeness (QED) is 0.359. The van der Waals surface area contributed by atoms with Crippen molar-refractivity contribution in [2.45, 2.75) is 64.1 Å². The summed E-state index contributed by atoms with van der Waals surface area (Å²) in [6, 6.07) is 1.38. The Morgan fingerprint density at radius 3 is 2.47 bits per heavy atom. The highest BCUT2D eigenvalue weighted by atomic mass is 19.1. The molecule has 1 aliphatic carbocycles. The van der Waals surface area contributed by atoms with Crippen molar-refractivity contribution in [3.05, 3.63) is 47.9 Å². The third-order valence-corrected chi connectivity index (χ3v) is 5.76. The Kier molecular flexibility index (Phi) is 7.69. The molecule has 0 saturated heterocycles. The molecular formula is C24H29F2N9O3. The lowest BCUT2D eigenvalue weighted by molar-refractivity contribution is 0.0488. The average molecular weight is 530 g/mol. The lowest BCUT2D eigenvalue weighted by Gasteiger charge is -2.34. The first kappa shape index (κ1) is 26.7. The van der Waals surface area contributed by atoms with Crippen LogP contribution in [0.3, 0.4) is 0 Å². The molecule has 2 amide bonds. The standard InChI is InChI=1S/C24H29F2N9O3/c1-24(2,3)38-23(37)32-18-7-5-4-6-17(18)31-21-15(25)11-14(19(27)36)20(33-21)30-13-10-16(26)22(28-12-13)35-9-8-29-34-35/h8-12,17-18H,4-7H2,1-3H3,(H2,27,36)(H,32,37)(H2,30,31,33)/t17-,18+/m1/s1. The minimum Gasteiger partial charge on any atom is -0.444 e. The summed E-state index contributed by atoms with van der Waals surface area (Å²) < 4.78 is 36.2. The number of nitrogens with zero attached hydrogens (tertiary/aromatic N) is 5. The van der Waals surface area contributed by atoms with Crippen LogP contribution in [-0.4, -0.2) is 54.6 Å². The molecule has 0 spiro atoms. The molecule has 4 rings (SSSR count). The number of ether oxygens (including phenoxy) is 1. The molecule has 38 heavy (non-hydrogen) atoms. The predicted molar refractivity (Wildman–Crippen MR) is 134 cm³/mol. The number of pyridine rings is 2. The van der Waals surface area contributed by atoms with Gasteiger partial charge in [0.2, 0.25) is 0 Å². The van der Waals surface area contributed by atoms with Crippen LogP contribution in [0.15, 0.2) is 30.7 Å². The second-order valence-corrected chi connectivity index (χ2v) is 9.87. The van der Waals surface area contributed by atoms with Crippen LogP contribution in [0, 0.1) is 11.6 Å². The largest absolute Gasteiger partial charge is 0.444 e. The first-order chi connectivity index (χ1) is 18.0. The van der Waals surface area contributed by atoms with E-state index in [0.29, 0.717) is 12.8 Å². The summed E-state index contributed by atoms with van der Waals surface area (Å²) in [5, 5.41) is 16.0. The van der Waals surface area contributed by atoms with Crippen molar-refractivity contribution in [3.8, 4) is 5.82 Å². The van der Waals surface area contributed by atoms with Gasteiger partial charge in [-0.05, 0) is 39.7 Å². The number of hydrogen-bond acceptors (Lipinski definition) is 9. The first-order valence-corrected chi connectivity index (χ1v) is 12.1. The Morgan fingerprint density at radius 1 is 1.11 bits per heavy atom. The fraction of sp³-hybridized carbons (Fsp3) is 0.417. The van der Waals surface area contributed by atoms with Gasteiger partial charge >= 0.3 is 6.09 Å². The van der Waals surface area contributed by atoms with Gasteiger partial charge in [0.05, 0.1) is 35.9 Å². The minimum atomic E-state index is -0.930. The minimum absolute atomic E-state index is 0.0848. The topological polar surface area (TPSA) is 162 Å². The van der Waals surface area contributed by atoms with E-state index >= 15 is 4.39 Å². The molecule has 3 heterocycles. The lowest BCUT2D eigenvalue weighted by atomic mass is 9.90. The van der Waals surface area contributed by atoms with E-state index in [9.17, 15) is 14.0 Å². The molecule has 0 bridgehead atoms. The van der Waals surface area contributed by atoms with Crippen LogP contribution in [0.5, 0.6) is 0 Å². The van der Waals surface area contributed by atoms with Gasteiger partial charge in [-0.1, -0.05) is 18.1 Å². The van der Waals surface area contributed by atoms with E-state index in [1.165, 1.54) is 18.6 Å². The van der Waals surface area contributed by atoms with Gasteiger partial charge in [-0.2, -0.15) is 4.68 Å². The molecule has 0 unspecified atom stereocenters. The maximum atomic E-state index is 15.0. The fourth-order valence-electron chi connectivity index (χ4n) is 4.11. The molecule has 3 aromatic heterocycles. The first-order valence-electron chi connectivity index (χ1n) is 12.1. The Morgan fingerprint density at radius 2 is 1.84 bits per heavy atom. The molecule has 1 fully saturated rings. The van der Waals surface area contributed by atoms with E-state index in [0.717, 1.165) is 29.7 Å². The summed E-state index contributed by atoms with van der Waals surface area (Å²) >= 11 is 0. The number of aromatic nitrogens is 5. The molecule has 0 radical (unpaired) electrons. The number of carbonyl (C=O) groups excluding carboxylic acids is 2. The summed E-state index contributed by atoms with van der Waals surface area (Å²) in [7, 11) is 0. The van der Waals surface area contributed by atoms with Crippen molar-refractivity contribution >= 4 is 29.3 Å². The number of alkyl carbamates (subject to hydrolysis) is 1. The number of amides is 2. The highest BCUT2D eigenvalue weighted by Crippen LogP contribution is 2.28. The monoisotopic (exact) mass is 529 g/mol. The lowest BCUT2D eigenvalue weighted by Crippen LogP contribution is -2.50. The highest BCUT2D eigenvalue weighted by molar-refractivity contribution is 5.98. The van der Waals surface area contributed by atoms with E-state index < -0.39 is 29.2 Å². The van der Waals surface area contributed by atoms with Crippen LogP contribution in [-0.2, 0) is 4.74 Å². The molecule has 3 aromatic rings. The van der Waals surface area contributed by atoms with Crippen molar-refractivity contribution in [2.75, 3.05) is 10.6 Å². The van der Waals surface area contributed by atoms with E-state index in [1.54, 1.807) is 20.8 Å². The highest BCUT2D eigenvalue weighted by Gasteiger charge is 2.30. The van der Waals surface area contributed by atoms with Gasteiger partial charge in [0.1, 0.15) is 11.4 Å². The summed E-state index contributed by atoms with van der Waals surface area (Å²) in [4.78, 5) is 32.6. The van der Waals surface area contributed by atoms with Crippen molar-refractivity contribution < 1.29 is 23.1 Å². The molecular weight excluding hydrogens is 500 g/mol. The van der Waals surface area contributed by atoms with E-state index in [2.05, 4.69) is 36.2 Å². The van der Waals surface area contributed by atoms with Crippen LogP contribution in [0.25, 0.3) is 5.82 Å². The molecule has 1 aliphatic rings. The normalized spacial score (nSPS) is 17.5. The SMILES string of the molecule is CC(C)(C)OC(=O)N[C@H]1CCCC[C@H]1Nc1nc(Nc2cnc(-n3ccnn3)c(F)c2)c(C(N)=O)cc1F. The summed E-state index contributed by atoms with van der Waals surface area (Å²) in [5.41, 5.74) is 4.68. The van der Waals surface area contributed by atoms with Gasteiger partial charge in [-0.3, -0.25) is 4.79 Å². The number of carbonyl (C=O) groups is 2. The zero-order chi connectivity index (χ0) is 27.4. The predicted octanol–water partition coefficient (Wildman–Crippen LogP) is 3.43. The molecule has 12 nitrogen and oxygen atoms in total. The van der Waals surface area contributed by atoms with Crippen LogP contribution < -0.4 is 21.7 Å². The molecule has 2 atom stereocenters. The number of rotatable bonds is 7. The summed E-state index contributed by atoms with van der Waals surface area (Å²) in [6.45, 7) is 5.29. The van der Waals surface area contributed by atoms with Gasteiger partial charge in [-0.25, -0.2) is 23.5 Å². The van der Waals surface area contributed by atoms with E-state index in [4.69, 9.17) is 10.5 Å². The number of halogens is 2. The molecule has 0 aliphatic heterocycles. The molecule has 0 aromatic carbocycles. The Balaban J connectivity index is 1.57. The fourth-order valence-corrected chi connectivity index (χ4v) is 4.11. The third kappa shape index (κ3) is 6.49. The van der Waals surface area contributed by atoms with Gasteiger partial charge in [0.25, 0.3) is 5.91 Å². The van der Waals surface area contributed by atoms with Gasteiger partial charge in [-0.15, -0.1) is 5.10 Å². The van der Waals surface area contributed by atoms with Crippen molar-refractivity contribution in [1.82, 2.24) is 30.3 Å². The molecule has 202 valence electrons. The zero-order valence-corrected chi connectivity index (χ0v) is 21.2. The number of hydrogen-bond donors (Lipinski definition) is 4. The second-order valence-electron chi connectivity index (χ2n) is 9.87. The Labute approximate surface area is 217 Å². The van der Waals surface area contributed by atoms with Gasteiger partial charge in [0, 0.05) is 12.1 Å². The number of nitrogens with two attached hydrogens (primary N) is 1. The maximum absolute atomic E-state index is 15.0. The number of anilines is 3. The molecule has 5 N–H and O–H groups in total. The second kappa shape index (κ2) is 10.9. The Bertz CT molecular complexity index is 1310. The average Bonchev–Trinajstić information content (AvgIpc) is 3.35. The van der Waals surface area contributed by atoms with E-state index in [1.807, 2.05) is 0 Å². The van der Waals surface area contributed by atoms with Crippen molar-refractivity contribution in [3.63, 3.8) is 0 Å². The van der Waals surface area contributed by atoms with Gasteiger partial charge in [0.15, 0.2) is 23.3 Å². The Hall–Kier alpha value is -4.36. The van der Waals surface area contributed by atoms with E-state index in [-0.39, 0.29) is 40.8 Å². The number of primary amides is 1. The number of nitrogens with one attached hydrogen (secondary N) is 3. The van der Waals surface area contributed by atoms with Gasteiger partial charge < -0.3 is 26.4 Å². The van der Waals surface area contributed by atoms with Crippen LogP contribution in [0.1, 0.15) is 56.8 Å². The van der Waals surface area contributed by atoms with Crippen LogP contribution >= 0.6 is 0 Å². The van der Waals surface area contributed by atoms with Crippen LogP contribution in [0.2, 0.25) is 0 Å². The smallest absolute Gasteiger partial charge is 0.407 e. The van der Waals surface area contributed by atoms with Crippen molar-refractivity contribution in [2.24, 2.45) is 5.73 Å².